The van der Waals surface area contributed by atoms with Crippen LogP contribution in [0.25, 0.3) is 0 Å². The highest BCUT2D eigenvalue weighted by Crippen LogP contribution is 2.49. The molecule has 2 aromatic rings. The number of fused-ring (bicyclic) bond motifs is 3. The molecule has 0 aromatic heterocycles. The molecule has 2 aromatic carbocycles. The predicted molar refractivity (Wildman–Crippen MR) is 119 cm³/mol. The first-order chi connectivity index (χ1) is 15.4. The first-order valence-corrected chi connectivity index (χ1v) is 12.0. The van der Waals surface area contributed by atoms with Crippen LogP contribution in [0.15, 0.2) is 52.3 Å². The highest BCUT2D eigenvalue weighted by atomic mass is 32.2. The van der Waals surface area contributed by atoms with Crippen molar-refractivity contribution in [3.8, 4) is 0 Å². The topological polar surface area (TPSA) is 26.8 Å². The van der Waals surface area contributed by atoms with Gasteiger partial charge in [-0.1, -0.05) is 30.3 Å². The summed E-state index contributed by atoms with van der Waals surface area (Å²) in [5.74, 6) is -0.163. The molecule has 3 aliphatic heterocycles. The van der Waals surface area contributed by atoms with Gasteiger partial charge in [0.1, 0.15) is 0 Å². The van der Waals surface area contributed by atoms with Crippen molar-refractivity contribution in [3.63, 3.8) is 0 Å². The van der Waals surface area contributed by atoms with E-state index in [2.05, 4.69) is 9.80 Å². The quantitative estimate of drug-likeness (QED) is 0.612. The molecule has 4 nitrogen and oxygen atoms in total. The summed E-state index contributed by atoms with van der Waals surface area (Å²) in [4.78, 5) is 21.3. The minimum Gasteiger partial charge on any atom is -0.300 e. The number of carbonyl (C=O) groups is 1. The van der Waals surface area contributed by atoms with Crippen LogP contribution in [-0.2, 0) is 11.0 Å². The van der Waals surface area contributed by atoms with Crippen LogP contribution in [0.3, 0.4) is 0 Å². The lowest BCUT2D eigenvalue weighted by Crippen LogP contribution is -2.55. The van der Waals surface area contributed by atoms with Crippen LogP contribution in [0.2, 0.25) is 0 Å². The number of para-hydroxylation sites is 1. The molecule has 3 heterocycles. The fraction of sp³-hybridized carbons (Fsp3) is 0.458. The van der Waals surface area contributed by atoms with Crippen molar-refractivity contribution < 1.29 is 18.0 Å². The van der Waals surface area contributed by atoms with E-state index >= 15 is 0 Å². The van der Waals surface area contributed by atoms with Crippen LogP contribution in [0.5, 0.6) is 0 Å². The normalized spacial score (nSPS) is 21.6. The van der Waals surface area contributed by atoms with Gasteiger partial charge in [0.05, 0.1) is 16.9 Å². The van der Waals surface area contributed by atoms with Gasteiger partial charge in [-0.05, 0) is 49.7 Å². The van der Waals surface area contributed by atoms with E-state index in [0.717, 1.165) is 43.2 Å². The zero-order valence-electron chi connectivity index (χ0n) is 17.8. The van der Waals surface area contributed by atoms with Crippen molar-refractivity contribution in [1.29, 1.82) is 0 Å². The third kappa shape index (κ3) is 4.28. The molecule has 170 valence electrons. The second-order valence-electron chi connectivity index (χ2n) is 8.72. The highest BCUT2D eigenvalue weighted by molar-refractivity contribution is 7.99. The number of hydrogen-bond acceptors (Lipinski definition) is 4. The van der Waals surface area contributed by atoms with Gasteiger partial charge in [0.25, 0.3) is 0 Å². The van der Waals surface area contributed by atoms with Crippen molar-refractivity contribution in [2.24, 2.45) is 0 Å². The van der Waals surface area contributed by atoms with E-state index in [4.69, 9.17) is 0 Å². The molecule has 5 rings (SSSR count). The smallest absolute Gasteiger partial charge is 0.300 e. The summed E-state index contributed by atoms with van der Waals surface area (Å²) < 4.78 is 40.2. The fourth-order valence-corrected chi connectivity index (χ4v) is 6.03. The highest BCUT2D eigenvalue weighted by Gasteiger charge is 2.35. The van der Waals surface area contributed by atoms with Crippen molar-refractivity contribution >= 4 is 29.0 Å². The van der Waals surface area contributed by atoms with Gasteiger partial charge in [0, 0.05) is 48.4 Å². The van der Waals surface area contributed by atoms with Crippen molar-refractivity contribution in [3.05, 3.63) is 48.0 Å². The maximum absolute atomic E-state index is 13.4. The second kappa shape index (κ2) is 8.72. The molecule has 1 amide bonds. The number of rotatable bonds is 3. The SMILES string of the molecule is O=C(CCN1CCN2CCCC[C@@H]2C1)N1c2ccccc2Sc2ccc(C(F)(F)F)cc21. The van der Waals surface area contributed by atoms with Crippen LogP contribution in [0, 0.1) is 0 Å². The molecule has 0 aliphatic carbocycles. The Bertz CT molecular complexity index is 1010. The summed E-state index contributed by atoms with van der Waals surface area (Å²) in [6, 6.07) is 11.7. The van der Waals surface area contributed by atoms with Crippen molar-refractivity contribution in [1.82, 2.24) is 9.80 Å². The Kier molecular flexibility index (Phi) is 5.94. The van der Waals surface area contributed by atoms with E-state index < -0.39 is 11.7 Å². The Morgan fingerprint density at radius 1 is 1.00 bits per heavy atom. The number of anilines is 2. The Balaban J connectivity index is 1.37. The third-order valence-electron chi connectivity index (χ3n) is 6.67. The molecule has 3 aliphatic rings. The van der Waals surface area contributed by atoms with E-state index in [-0.39, 0.29) is 12.3 Å². The number of piperazine rings is 1. The van der Waals surface area contributed by atoms with Gasteiger partial charge in [-0.15, -0.1) is 0 Å². The number of amides is 1. The minimum absolute atomic E-state index is 0.163. The average molecular weight is 462 g/mol. The maximum Gasteiger partial charge on any atom is 0.416 e. The lowest BCUT2D eigenvalue weighted by molar-refractivity contribution is -0.137. The van der Waals surface area contributed by atoms with Crippen LogP contribution in [0.1, 0.15) is 31.2 Å². The number of halogens is 3. The van der Waals surface area contributed by atoms with Gasteiger partial charge in [0.15, 0.2) is 0 Å². The number of nitrogens with zero attached hydrogens (tertiary/aromatic N) is 3. The molecule has 0 N–H and O–H groups in total. The maximum atomic E-state index is 13.4. The first kappa shape index (κ1) is 21.8. The third-order valence-corrected chi connectivity index (χ3v) is 7.80. The summed E-state index contributed by atoms with van der Waals surface area (Å²) in [5, 5.41) is 0. The molecule has 8 heteroatoms. The van der Waals surface area contributed by atoms with Crippen LogP contribution in [-0.4, -0.2) is 54.5 Å². The summed E-state index contributed by atoms with van der Waals surface area (Å²) in [6.07, 6.45) is -0.448. The average Bonchev–Trinajstić information content (AvgIpc) is 2.80. The molecule has 0 unspecified atom stereocenters. The van der Waals surface area contributed by atoms with Gasteiger partial charge in [-0.3, -0.25) is 19.5 Å². The number of alkyl halides is 3. The molecule has 2 saturated heterocycles. The fourth-order valence-electron chi connectivity index (χ4n) is 4.99. The molecular weight excluding hydrogens is 435 g/mol. The molecule has 2 fully saturated rings. The van der Waals surface area contributed by atoms with Gasteiger partial charge in [-0.2, -0.15) is 13.2 Å². The van der Waals surface area contributed by atoms with Crippen LogP contribution < -0.4 is 4.90 Å². The largest absolute Gasteiger partial charge is 0.416 e. The molecule has 1 atom stereocenters. The Hall–Kier alpha value is -2.03. The number of piperidine rings is 1. The summed E-state index contributed by atoms with van der Waals surface area (Å²) in [5.41, 5.74) is 0.250. The molecule has 0 saturated carbocycles. The lowest BCUT2D eigenvalue weighted by Gasteiger charge is -2.44. The standard InChI is InChI=1S/C24H26F3N3OS/c25-24(26,27)17-8-9-22-20(15-17)30(19-6-1-2-7-21(19)32-22)23(31)10-12-28-13-14-29-11-4-3-5-18(29)16-28/h1-2,6-9,15,18H,3-5,10-14,16H2/t18-/m1/s1. The minimum atomic E-state index is -4.45. The Morgan fingerprint density at radius 3 is 2.66 bits per heavy atom. The van der Waals surface area contributed by atoms with Gasteiger partial charge in [-0.25, -0.2) is 0 Å². The van der Waals surface area contributed by atoms with E-state index in [0.29, 0.717) is 28.9 Å². The zero-order valence-corrected chi connectivity index (χ0v) is 18.6. The second-order valence-corrected chi connectivity index (χ2v) is 9.80. The monoisotopic (exact) mass is 461 g/mol. The summed E-state index contributed by atoms with van der Waals surface area (Å²) >= 11 is 1.40. The van der Waals surface area contributed by atoms with Crippen LogP contribution in [0.4, 0.5) is 24.5 Å². The van der Waals surface area contributed by atoms with E-state index in [9.17, 15) is 18.0 Å². The van der Waals surface area contributed by atoms with Crippen LogP contribution >= 0.6 is 11.8 Å². The Morgan fingerprint density at radius 2 is 1.81 bits per heavy atom. The van der Waals surface area contributed by atoms with Gasteiger partial charge in [0.2, 0.25) is 5.91 Å². The molecule has 0 radical (unpaired) electrons. The summed E-state index contributed by atoms with van der Waals surface area (Å²) in [7, 11) is 0. The first-order valence-electron chi connectivity index (χ1n) is 11.2. The zero-order chi connectivity index (χ0) is 22.3. The van der Waals surface area contributed by atoms with Gasteiger partial charge < -0.3 is 0 Å². The number of benzene rings is 2. The van der Waals surface area contributed by atoms with Crippen molar-refractivity contribution in [2.45, 2.75) is 47.7 Å². The lowest BCUT2D eigenvalue weighted by atomic mass is 9.99. The number of hydrogen-bond donors (Lipinski definition) is 0. The van der Waals surface area contributed by atoms with E-state index in [1.807, 2.05) is 24.3 Å². The molecular formula is C24H26F3N3OS. The van der Waals surface area contributed by atoms with E-state index in [1.165, 1.54) is 42.0 Å². The number of carbonyl (C=O) groups excluding carboxylic acids is 1. The van der Waals surface area contributed by atoms with Crippen molar-refractivity contribution in [2.75, 3.05) is 37.6 Å². The molecule has 32 heavy (non-hydrogen) atoms. The van der Waals surface area contributed by atoms with E-state index in [1.54, 1.807) is 0 Å². The molecule has 0 spiro atoms. The Labute approximate surface area is 190 Å². The predicted octanol–water partition coefficient (Wildman–Crippen LogP) is 5.39. The molecule has 0 bridgehead atoms. The summed E-state index contributed by atoms with van der Waals surface area (Å²) in [6.45, 7) is 4.72. The van der Waals surface area contributed by atoms with Gasteiger partial charge >= 0.3 is 6.18 Å².